The Hall–Kier alpha value is -4.66. The number of nitrogens with two attached hydrogens (primary N) is 1. The van der Waals surface area contributed by atoms with Crippen LogP contribution in [0.25, 0.3) is 0 Å². The summed E-state index contributed by atoms with van der Waals surface area (Å²) in [6.45, 7) is 1.76. The van der Waals surface area contributed by atoms with Crippen molar-refractivity contribution in [2.24, 2.45) is 0 Å². The number of hydrogen-bond acceptors (Lipinski definition) is 8. The molecular formula is C26H20N2O7. The lowest BCUT2D eigenvalue weighted by molar-refractivity contribution is -0.129. The van der Waals surface area contributed by atoms with Crippen LogP contribution in [0.2, 0.25) is 0 Å². The Labute approximate surface area is 199 Å². The summed E-state index contributed by atoms with van der Waals surface area (Å²) < 4.78 is 15.9. The van der Waals surface area contributed by atoms with E-state index in [0.717, 1.165) is 5.56 Å². The number of ether oxygens (including phenoxy) is 3. The molecule has 0 radical (unpaired) electrons. The van der Waals surface area contributed by atoms with Crippen LogP contribution in [-0.2, 0) is 16.1 Å². The van der Waals surface area contributed by atoms with E-state index in [0.29, 0.717) is 11.5 Å². The summed E-state index contributed by atoms with van der Waals surface area (Å²) in [6.07, 6.45) is -1.13. The van der Waals surface area contributed by atoms with Crippen molar-refractivity contribution in [3.63, 3.8) is 0 Å². The molecule has 1 aliphatic heterocycles. The highest BCUT2D eigenvalue weighted by Crippen LogP contribution is 2.34. The number of fused-ring (bicyclic) bond motifs is 3. The van der Waals surface area contributed by atoms with E-state index in [-0.39, 0.29) is 52.6 Å². The van der Waals surface area contributed by atoms with E-state index in [1.165, 1.54) is 25.1 Å². The van der Waals surface area contributed by atoms with Gasteiger partial charge in [0.25, 0.3) is 5.91 Å². The fraction of sp³-hybridized carbons (Fsp3) is 0.154. The summed E-state index contributed by atoms with van der Waals surface area (Å²) in [5.74, 6) is -0.971. The van der Waals surface area contributed by atoms with Gasteiger partial charge in [-0.05, 0) is 36.8 Å². The highest BCUT2D eigenvalue weighted by molar-refractivity contribution is 6.30. The van der Waals surface area contributed by atoms with Crippen LogP contribution in [0.15, 0.2) is 54.6 Å². The lowest BCUT2D eigenvalue weighted by atomic mass is 9.82. The topological polar surface area (TPSA) is 134 Å². The highest BCUT2D eigenvalue weighted by Gasteiger charge is 2.33. The molecule has 0 aromatic heterocycles. The lowest BCUT2D eigenvalue weighted by Crippen LogP contribution is -2.35. The standard InChI is InChI=1S/C26H20N2O7/c1-13(25(31)28-11-14-6-9-19-20(10-14)34-12-33-19)35-26(32)18-8-7-17-21(22(18)27)24(30)16-5-3-2-4-15(16)23(17)29/h2-10,13H,11-12,27H2,1H3,(H,28,31). The number of nitrogens with one attached hydrogen (secondary N) is 1. The fourth-order valence-corrected chi connectivity index (χ4v) is 4.05. The number of rotatable bonds is 5. The smallest absolute Gasteiger partial charge is 0.341 e. The van der Waals surface area contributed by atoms with Crippen LogP contribution < -0.4 is 20.5 Å². The van der Waals surface area contributed by atoms with Gasteiger partial charge < -0.3 is 25.3 Å². The molecule has 0 saturated carbocycles. The number of esters is 1. The van der Waals surface area contributed by atoms with Gasteiger partial charge in [-0.3, -0.25) is 14.4 Å². The van der Waals surface area contributed by atoms with Crippen LogP contribution in [0.4, 0.5) is 5.69 Å². The molecule has 176 valence electrons. The largest absolute Gasteiger partial charge is 0.454 e. The second-order valence-electron chi connectivity index (χ2n) is 8.11. The fourth-order valence-electron chi connectivity index (χ4n) is 4.05. The van der Waals surface area contributed by atoms with Crippen LogP contribution >= 0.6 is 0 Å². The van der Waals surface area contributed by atoms with Crippen molar-refractivity contribution in [3.05, 3.63) is 88.0 Å². The van der Waals surface area contributed by atoms with E-state index in [1.54, 1.807) is 36.4 Å². The Morgan fingerprint density at radius 2 is 1.69 bits per heavy atom. The van der Waals surface area contributed by atoms with Crippen molar-refractivity contribution < 1.29 is 33.4 Å². The molecule has 0 saturated heterocycles. The van der Waals surface area contributed by atoms with Gasteiger partial charge in [-0.1, -0.05) is 30.3 Å². The Bertz CT molecular complexity index is 1410. The minimum atomic E-state index is -1.13. The van der Waals surface area contributed by atoms with E-state index < -0.39 is 23.8 Å². The third kappa shape index (κ3) is 3.86. The van der Waals surface area contributed by atoms with Crippen molar-refractivity contribution in [1.29, 1.82) is 0 Å². The Balaban J connectivity index is 1.29. The maximum atomic E-state index is 13.0. The maximum Gasteiger partial charge on any atom is 0.341 e. The first-order valence-electron chi connectivity index (χ1n) is 10.8. The van der Waals surface area contributed by atoms with Gasteiger partial charge in [0.15, 0.2) is 29.2 Å². The molecule has 3 aromatic carbocycles. The van der Waals surface area contributed by atoms with Gasteiger partial charge in [0.1, 0.15) is 0 Å². The van der Waals surface area contributed by atoms with Crippen molar-refractivity contribution in [2.45, 2.75) is 19.6 Å². The summed E-state index contributed by atoms with van der Waals surface area (Å²) in [5.41, 5.74) is 7.26. The number of carbonyl (C=O) groups excluding carboxylic acids is 4. The van der Waals surface area contributed by atoms with Gasteiger partial charge >= 0.3 is 5.97 Å². The lowest BCUT2D eigenvalue weighted by Gasteiger charge is -2.20. The third-order valence-electron chi connectivity index (χ3n) is 5.91. The monoisotopic (exact) mass is 472 g/mol. The van der Waals surface area contributed by atoms with Gasteiger partial charge in [-0.2, -0.15) is 0 Å². The van der Waals surface area contributed by atoms with Crippen LogP contribution in [0, 0.1) is 0 Å². The van der Waals surface area contributed by atoms with E-state index >= 15 is 0 Å². The molecule has 0 bridgehead atoms. The third-order valence-corrected chi connectivity index (χ3v) is 5.91. The van der Waals surface area contributed by atoms with Crippen molar-refractivity contribution in [3.8, 4) is 11.5 Å². The van der Waals surface area contributed by atoms with E-state index in [9.17, 15) is 19.2 Å². The molecule has 0 fully saturated rings. The minimum absolute atomic E-state index is 0.0388. The first-order chi connectivity index (χ1) is 16.8. The number of nitrogen functional groups attached to an aromatic ring is 1. The average molecular weight is 472 g/mol. The second-order valence-corrected chi connectivity index (χ2v) is 8.11. The average Bonchev–Trinajstić information content (AvgIpc) is 3.33. The molecule has 1 unspecified atom stereocenters. The summed E-state index contributed by atoms with van der Waals surface area (Å²) in [7, 11) is 0. The molecule has 1 heterocycles. The maximum absolute atomic E-state index is 13.0. The number of carbonyl (C=O) groups is 4. The predicted molar refractivity (Wildman–Crippen MR) is 123 cm³/mol. The Kier molecular flexibility index (Phi) is 5.44. The van der Waals surface area contributed by atoms with Crippen LogP contribution in [0.1, 0.15) is 54.7 Å². The first-order valence-corrected chi connectivity index (χ1v) is 10.8. The van der Waals surface area contributed by atoms with Crippen LogP contribution in [0.3, 0.4) is 0 Å². The molecule has 1 amide bonds. The van der Waals surface area contributed by atoms with Crippen molar-refractivity contribution in [2.75, 3.05) is 12.5 Å². The van der Waals surface area contributed by atoms with Gasteiger partial charge in [0, 0.05) is 23.2 Å². The molecule has 1 atom stereocenters. The molecule has 2 aliphatic rings. The number of benzene rings is 3. The zero-order valence-corrected chi connectivity index (χ0v) is 18.6. The van der Waals surface area contributed by atoms with Gasteiger partial charge in [0.2, 0.25) is 6.79 Å². The minimum Gasteiger partial charge on any atom is -0.454 e. The molecule has 9 heteroatoms. The van der Waals surface area contributed by atoms with Crippen molar-refractivity contribution in [1.82, 2.24) is 5.32 Å². The normalized spacial score (nSPS) is 14.1. The zero-order valence-electron chi connectivity index (χ0n) is 18.6. The molecule has 3 N–H and O–H groups in total. The number of hydrogen-bond donors (Lipinski definition) is 2. The molecular weight excluding hydrogens is 452 g/mol. The van der Waals surface area contributed by atoms with E-state index in [4.69, 9.17) is 19.9 Å². The summed E-state index contributed by atoms with van der Waals surface area (Å²) in [5, 5.41) is 2.69. The van der Waals surface area contributed by atoms with Crippen LogP contribution in [-0.4, -0.2) is 36.3 Å². The SMILES string of the molecule is CC(OC(=O)c1ccc2c(c1N)C(=O)c1ccccc1C2=O)C(=O)NCc1ccc2c(c1)OCO2. The summed E-state index contributed by atoms with van der Waals surface area (Å²) in [6, 6.07) is 14.4. The molecule has 3 aromatic rings. The molecule has 1 aliphatic carbocycles. The molecule has 5 rings (SSSR count). The van der Waals surface area contributed by atoms with Crippen molar-refractivity contribution >= 4 is 29.1 Å². The summed E-state index contributed by atoms with van der Waals surface area (Å²) in [4.78, 5) is 51.1. The Morgan fingerprint density at radius 3 is 2.46 bits per heavy atom. The predicted octanol–water partition coefficient (Wildman–Crippen LogP) is 2.63. The van der Waals surface area contributed by atoms with Crippen LogP contribution in [0.5, 0.6) is 11.5 Å². The van der Waals surface area contributed by atoms with E-state index in [2.05, 4.69) is 5.32 Å². The highest BCUT2D eigenvalue weighted by atomic mass is 16.7. The summed E-state index contributed by atoms with van der Waals surface area (Å²) >= 11 is 0. The quantitative estimate of drug-likeness (QED) is 0.334. The molecule has 0 spiro atoms. The van der Waals surface area contributed by atoms with Gasteiger partial charge in [0.05, 0.1) is 16.8 Å². The van der Waals surface area contributed by atoms with Gasteiger partial charge in [-0.25, -0.2) is 4.79 Å². The van der Waals surface area contributed by atoms with E-state index in [1.807, 2.05) is 0 Å². The Morgan fingerprint density at radius 1 is 0.971 bits per heavy atom. The van der Waals surface area contributed by atoms with Gasteiger partial charge in [-0.15, -0.1) is 0 Å². The zero-order chi connectivity index (χ0) is 24.7. The molecule has 9 nitrogen and oxygen atoms in total. The second kappa shape index (κ2) is 8.60. The first kappa shape index (κ1) is 22.1. The number of anilines is 1. The number of amides is 1. The molecule has 35 heavy (non-hydrogen) atoms. The number of ketones is 2.